The van der Waals surface area contributed by atoms with E-state index in [1.807, 2.05) is 30.3 Å². The van der Waals surface area contributed by atoms with Crippen molar-refractivity contribution in [3.8, 4) is 0 Å². The second-order valence-electron chi connectivity index (χ2n) is 7.54. The summed E-state index contributed by atoms with van der Waals surface area (Å²) >= 11 is 0. The number of aromatic nitrogens is 2. The SMILES string of the molecule is CC(C)(C)c1ccc(C(=O)NCc2nccc(N3CCCC3)n2)cc1. The highest BCUT2D eigenvalue weighted by atomic mass is 16.1. The van der Waals surface area contributed by atoms with Gasteiger partial charge in [0.2, 0.25) is 0 Å². The second kappa shape index (κ2) is 7.21. The lowest BCUT2D eigenvalue weighted by atomic mass is 9.87. The molecule has 0 saturated carbocycles. The van der Waals surface area contributed by atoms with Gasteiger partial charge in [-0.05, 0) is 42.0 Å². The first-order valence-electron chi connectivity index (χ1n) is 8.89. The Labute approximate surface area is 149 Å². The van der Waals surface area contributed by atoms with Gasteiger partial charge in [-0.25, -0.2) is 9.97 Å². The van der Waals surface area contributed by atoms with Crippen LogP contribution in [0.4, 0.5) is 5.82 Å². The van der Waals surface area contributed by atoms with Crippen molar-refractivity contribution < 1.29 is 4.79 Å². The molecule has 0 bridgehead atoms. The molecule has 1 amide bonds. The zero-order valence-corrected chi connectivity index (χ0v) is 15.2. The molecule has 132 valence electrons. The number of hydrogen-bond acceptors (Lipinski definition) is 4. The van der Waals surface area contributed by atoms with Crippen LogP contribution in [0.25, 0.3) is 0 Å². The van der Waals surface area contributed by atoms with E-state index in [1.165, 1.54) is 18.4 Å². The Hall–Kier alpha value is -2.43. The molecule has 0 unspecified atom stereocenters. The molecule has 5 nitrogen and oxygen atoms in total. The quantitative estimate of drug-likeness (QED) is 0.929. The van der Waals surface area contributed by atoms with E-state index in [-0.39, 0.29) is 11.3 Å². The Kier molecular flexibility index (Phi) is 5.02. The summed E-state index contributed by atoms with van der Waals surface area (Å²) in [5.74, 6) is 1.49. The van der Waals surface area contributed by atoms with Gasteiger partial charge in [0, 0.05) is 24.8 Å². The van der Waals surface area contributed by atoms with Gasteiger partial charge in [0.05, 0.1) is 6.54 Å². The lowest BCUT2D eigenvalue weighted by Gasteiger charge is -2.19. The molecule has 0 aliphatic carbocycles. The number of carbonyl (C=O) groups is 1. The summed E-state index contributed by atoms with van der Waals surface area (Å²) in [6.45, 7) is 8.90. The van der Waals surface area contributed by atoms with Crippen LogP contribution in [0.2, 0.25) is 0 Å². The second-order valence-corrected chi connectivity index (χ2v) is 7.54. The van der Waals surface area contributed by atoms with Crippen LogP contribution in [0.3, 0.4) is 0 Å². The normalized spacial score (nSPS) is 14.6. The molecular weight excluding hydrogens is 312 g/mol. The molecule has 1 saturated heterocycles. The molecular formula is C20H26N4O. The zero-order valence-electron chi connectivity index (χ0n) is 15.2. The maximum Gasteiger partial charge on any atom is 0.251 e. The molecule has 1 aliphatic heterocycles. The van der Waals surface area contributed by atoms with Gasteiger partial charge in [0.15, 0.2) is 0 Å². The highest BCUT2D eigenvalue weighted by Gasteiger charge is 2.16. The van der Waals surface area contributed by atoms with Crippen LogP contribution in [0, 0.1) is 0 Å². The van der Waals surface area contributed by atoms with Crippen molar-refractivity contribution in [1.82, 2.24) is 15.3 Å². The number of nitrogens with zero attached hydrogens (tertiary/aromatic N) is 3. The smallest absolute Gasteiger partial charge is 0.251 e. The van der Waals surface area contributed by atoms with E-state index in [0.717, 1.165) is 18.9 Å². The van der Waals surface area contributed by atoms with Crippen LogP contribution in [0.5, 0.6) is 0 Å². The van der Waals surface area contributed by atoms with Gasteiger partial charge in [-0.15, -0.1) is 0 Å². The van der Waals surface area contributed by atoms with Gasteiger partial charge < -0.3 is 10.2 Å². The molecule has 5 heteroatoms. The van der Waals surface area contributed by atoms with Crippen LogP contribution >= 0.6 is 0 Å². The Bertz CT molecular complexity index is 728. The van der Waals surface area contributed by atoms with E-state index in [9.17, 15) is 4.79 Å². The summed E-state index contributed by atoms with van der Waals surface area (Å²) in [5, 5.41) is 2.91. The predicted molar refractivity (Wildman–Crippen MR) is 99.8 cm³/mol. The number of nitrogens with one attached hydrogen (secondary N) is 1. The van der Waals surface area contributed by atoms with Crippen LogP contribution in [0.1, 0.15) is 55.4 Å². The first-order valence-corrected chi connectivity index (χ1v) is 8.89. The fourth-order valence-electron chi connectivity index (χ4n) is 2.98. The average Bonchev–Trinajstić information content (AvgIpc) is 3.14. The summed E-state index contributed by atoms with van der Waals surface area (Å²) in [5.41, 5.74) is 1.95. The molecule has 2 heterocycles. The molecule has 1 N–H and O–H groups in total. The maximum atomic E-state index is 12.3. The topological polar surface area (TPSA) is 58.1 Å². The summed E-state index contributed by atoms with van der Waals surface area (Å²) in [7, 11) is 0. The third-order valence-electron chi connectivity index (χ3n) is 4.54. The molecule has 0 spiro atoms. The lowest BCUT2D eigenvalue weighted by Crippen LogP contribution is -2.25. The molecule has 2 aromatic rings. The van der Waals surface area contributed by atoms with Crippen molar-refractivity contribution in [2.45, 2.75) is 45.6 Å². The largest absolute Gasteiger partial charge is 0.357 e. The molecule has 1 fully saturated rings. The van der Waals surface area contributed by atoms with E-state index in [2.05, 4.69) is 41.0 Å². The minimum absolute atomic E-state index is 0.0822. The summed E-state index contributed by atoms with van der Waals surface area (Å²) < 4.78 is 0. The third-order valence-corrected chi connectivity index (χ3v) is 4.54. The molecule has 1 aromatic heterocycles. The van der Waals surface area contributed by atoms with Crippen molar-refractivity contribution >= 4 is 11.7 Å². The Morgan fingerprint density at radius 3 is 2.44 bits per heavy atom. The van der Waals surface area contributed by atoms with Crippen molar-refractivity contribution in [3.63, 3.8) is 0 Å². The highest BCUT2D eigenvalue weighted by molar-refractivity contribution is 5.94. The van der Waals surface area contributed by atoms with Crippen molar-refractivity contribution in [3.05, 3.63) is 53.5 Å². The third kappa shape index (κ3) is 4.35. The number of rotatable bonds is 4. The van der Waals surface area contributed by atoms with Gasteiger partial charge >= 0.3 is 0 Å². The van der Waals surface area contributed by atoms with Crippen molar-refractivity contribution in [2.75, 3.05) is 18.0 Å². The van der Waals surface area contributed by atoms with E-state index in [1.54, 1.807) is 6.20 Å². The molecule has 3 rings (SSSR count). The number of anilines is 1. The van der Waals surface area contributed by atoms with Crippen LogP contribution in [0.15, 0.2) is 36.5 Å². The van der Waals surface area contributed by atoms with Crippen LogP contribution in [-0.4, -0.2) is 29.0 Å². The standard InChI is InChI=1S/C20H26N4O/c1-20(2,3)16-8-6-15(7-9-16)19(25)22-14-17-21-11-10-18(23-17)24-12-4-5-13-24/h6-11H,4-5,12-14H2,1-3H3,(H,22,25). The Morgan fingerprint density at radius 2 is 1.80 bits per heavy atom. The van der Waals surface area contributed by atoms with E-state index >= 15 is 0 Å². The lowest BCUT2D eigenvalue weighted by molar-refractivity contribution is 0.0950. The summed E-state index contributed by atoms with van der Waals surface area (Å²) in [6, 6.07) is 9.70. The summed E-state index contributed by atoms with van der Waals surface area (Å²) in [4.78, 5) is 23.4. The van der Waals surface area contributed by atoms with Gasteiger partial charge in [0.25, 0.3) is 5.91 Å². The van der Waals surface area contributed by atoms with E-state index in [4.69, 9.17) is 0 Å². The first-order chi connectivity index (χ1) is 11.9. The monoisotopic (exact) mass is 338 g/mol. The van der Waals surface area contributed by atoms with Gasteiger partial charge in [-0.1, -0.05) is 32.9 Å². The minimum Gasteiger partial charge on any atom is -0.357 e. The minimum atomic E-state index is -0.101. The highest BCUT2D eigenvalue weighted by Crippen LogP contribution is 2.22. The first kappa shape index (κ1) is 17.4. The number of carbonyl (C=O) groups excluding carboxylic acids is 1. The van der Waals surface area contributed by atoms with E-state index < -0.39 is 0 Å². The molecule has 0 radical (unpaired) electrons. The van der Waals surface area contributed by atoms with E-state index in [0.29, 0.717) is 17.9 Å². The Morgan fingerprint density at radius 1 is 1.12 bits per heavy atom. The predicted octanol–water partition coefficient (Wildman–Crippen LogP) is 3.30. The number of benzene rings is 1. The number of hydrogen-bond donors (Lipinski definition) is 1. The van der Waals surface area contributed by atoms with Crippen molar-refractivity contribution in [1.29, 1.82) is 0 Å². The van der Waals surface area contributed by atoms with Gasteiger partial charge in [-0.2, -0.15) is 0 Å². The van der Waals surface area contributed by atoms with Crippen molar-refractivity contribution in [2.24, 2.45) is 0 Å². The summed E-state index contributed by atoms with van der Waals surface area (Å²) in [6.07, 6.45) is 4.18. The Balaban J connectivity index is 1.61. The molecule has 1 aromatic carbocycles. The van der Waals surface area contributed by atoms with Gasteiger partial charge in [0.1, 0.15) is 11.6 Å². The molecule has 0 atom stereocenters. The fraction of sp³-hybridized carbons (Fsp3) is 0.450. The molecule has 1 aliphatic rings. The van der Waals surface area contributed by atoms with Crippen LogP contribution in [-0.2, 0) is 12.0 Å². The average molecular weight is 338 g/mol. The van der Waals surface area contributed by atoms with Crippen LogP contribution < -0.4 is 10.2 Å². The maximum absolute atomic E-state index is 12.3. The zero-order chi connectivity index (χ0) is 17.9. The number of amides is 1. The fourth-order valence-corrected chi connectivity index (χ4v) is 2.98. The molecule has 25 heavy (non-hydrogen) atoms. The van der Waals surface area contributed by atoms with Gasteiger partial charge in [-0.3, -0.25) is 4.79 Å².